The van der Waals surface area contributed by atoms with Gasteiger partial charge in [-0.25, -0.2) is 14.6 Å². The Morgan fingerprint density at radius 3 is 2.14 bits per heavy atom. The summed E-state index contributed by atoms with van der Waals surface area (Å²) >= 11 is 0. The molecule has 37 heavy (non-hydrogen) atoms. The van der Waals surface area contributed by atoms with Gasteiger partial charge in [-0.2, -0.15) is 0 Å². The van der Waals surface area contributed by atoms with E-state index in [0.29, 0.717) is 13.0 Å². The topological polar surface area (TPSA) is 140 Å². The van der Waals surface area contributed by atoms with Gasteiger partial charge in [-0.1, -0.05) is 20.8 Å². The van der Waals surface area contributed by atoms with Crippen LogP contribution in [0.25, 0.3) is 0 Å². The monoisotopic (exact) mass is 543 g/mol. The number of aromatic hydroxyl groups is 1. The Balaban J connectivity index is 3.40. The van der Waals surface area contributed by atoms with Crippen molar-refractivity contribution in [3.8, 4) is 5.75 Å². The molecule has 1 rings (SSSR count). The van der Waals surface area contributed by atoms with Crippen LogP contribution in [0.1, 0.15) is 83.7 Å². The molecule has 212 valence electrons. The summed E-state index contributed by atoms with van der Waals surface area (Å²) in [6, 6.07) is -0.825. The number of H-pyrrole nitrogens is 1. The fraction of sp³-hybridized carbons (Fsp3) is 0.760. The highest BCUT2D eigenvalue weighted by Gasteiger charge is 2.40. The Kier molecular flexibility index (Phi) is 10.5. The van der Waals surface area contributed by atoms with Gasteiger partial charge in [0, 0.05) is 14.2 Å². The Morgan fingerprint density at radius 1 is 1.11 bits per heavy atom. The van der Waals surface area contributed by atoms with E-state index in [2.05, 4.69) is 48.6 Å². The first kappa shape index (κ1) is 32.6. The van der Waals surface area contributed by atoms with Crippen LogP contribution >= 0.6 is 0 Å². The number of methoxy groups -OCH3 is 2. The lowest BCUT2D eigenvalue weighted by atomic mass is 9.96. The molecule has 0 aliphatic carbocycles. The van der Waals surface area contributed by atoms with Gasteiger partial charge in [-0.15, -0.1) is 0 Å². The molecule has 0 saturated heterocycles. The maximum Gasteiger partial charge on any atom is 0.410 e. The average Bonchev–Trinajstić information content (AvgIpc) is 2.77. The molecule has 2 atom stereocenters. The van der Waals surface area contributed by atoms with Gasteiger partial charge in [0.15, 0.2) is 14.0 Å². The third kappa shape index (κ3) is 8.82. The summed E-state index contributed by atoms with van der Waals surface area (Å²) in [5.74, 6) is -1.84. The van der Waals surface area contributed by atoms with Gasteiger partial charge in [0.2, 0.25) is 5.75 Å². The number of carbonyl (C=O) groups excluding carboxylic acids is 2. The number of ether oxygens (including phenoxy) is 3. The number of nitrogens with one attached hydrogen (secondary N) is 1. The predicted octanol–water partition coefficient (Wildman–Crippen LogP) is 4.38. The molecule has 12 heteroatoms. The number of hydrogen-bond donors (Lipinski definition) is 2. The second-order valence-electron chi connectivity index (χ2n) is 12.0. The van der Waals surface area contributed by atoms with Crippen LogP contribution in [-0.2, 0) is 18.6 Å². The van der Waals surface area contributed by atoms with Crippen LogP contribution in [0.4, 0.5) is 4.79 Å². The van der Waals surface area contributed by atoms with Crippen molar-refractivity contribution in [2.45, 2.75) is 96.7 Å². The normalized spacial score (nSPS) is 15.0. The maximum absolute atomic E-state index is 13.0. The molecule has 0 aromatic carbocycles. The second-order valence-corrected chi connectivity index (χ2v) is 16.8. The zero-order chi connectivity index (χ0) is 29.0. The molecule has 2 unspecified atom stereocenters. The van der Waals surface area contributed by atoms with E-state index in [9.17, 15) is 19.5 Å². The van der Waals surface area contributed by atoms with Crippen LogP contribution in [-0.4, -0.2) is 79.4 Å². The number of aromatic nitrogens is 2. The lowest BCUT2D eigenvalue weighted by Gasteiger charge is -2.40. The molecule has 0 bridgehead atoms. The first-order valence-corrected chi connectivity index (χ1v) is 15.2. The van der Waals surface area contributed by atoms with E-state index in [4.69, 9.17) is 13.9 Å². The predicted molar refractivity (Wildman–Crippen MR) is 142 cm³/mol. The molecule has 0 radical (unpaired) electrons. The second kappa shape index (κ2) is 12.0. The van der Waals surface area contributed by atoms with Gasteiger partial charge in [-0.05, 0) is 58.7 Å². The van der Waals surface area contributed by atoms with E-state index in [1.54, 1.807) is 27.9 Å². The van der Waals surface area contributed by atoms with E-state index < -0.39 is 54.6 Å². The van der Waals surface area contributed by atoms with E-state index in [0.717, 1.165) is 7.11 Å². The largest absolute Gasteiger partial charge is 0.501 e. The highest BCUT2D eigenvalue weighted by atomic mass is 28.4. The highest BCUT2D eigenvalue weighted by Crippen LogP contribution is 2.38. The summed E-state index contributed by atoms with van der Waals surface area (Å²) in [6.07, 6.45) is 0.0352. The summed E-state index contributed by atoms with van der Waals surface area (Å²) < 4.78 is 22.4. The van der Waals surface area contributed by atoms with E-state index in [1.165, 1.54) is 11.9 Å². The number of rotatable bonds is 10. The van der Waals surface area contributed by atoms with Crippen molar-refractivity contribution < 1.29 is 33.3 Å². The number of carbonyl (C=O) groups is 2. The van der Waals surface area contributed by atoms with Crippen LogP contribution in [0.3, 0.4) is 0 Å². The number of aromatic amines is 1. The average molecular weight is 544 g/mol. The standard InChI is InChI=1S/C25H45N3O8Si/c1-23(2,3)36-22(32)28(8)16(19-26-17(21(31)33-9)18(29)20(30)27-19)13-14-25(7,34-10)15-35-37(11,12)24(4,5)6/h16,29H,13-15H2,1-12H3,(H,26,27,30). The fourth-order valence-corrected chi connectivity index (χ4v) is 4.18. The Labute approximate surface area is 221 Å². The SMILES string of the molecule is COC(=O)c1nc(C(CCC(C)(CO[Si](C)(C)C(C)(C)C)OC)N(C)C(=O)OC(C)(C)C)[nH]c(=O)c1O. The number of nitrogens with zero attached hydrogens (tertiary/aromatic N) is 2. The van der Waals surface area contributed by atoms with Crippen LogP contribution in [0.2, 0.25) is 18.1 Å². The molecule has 2 N–H and O–H groups in total. The van der Waals surface area contributed by atoms with Crippen LogP contribution in [0.15, 0.2) is 4.79 Å². The van der Waals surface area contributed by atoms with Crippen molar-refractivity contribution >= 4 is 20.4 Å². The molecule has 11 nitrogen and oxygen atoms in total. The summed E-state index contributed by atoms with van der Waals surface area (Å²) in [5, 5.41) is 10.1. The van der Waals surface area contributed by atoms with E-state index in [1.807, 2.05) is 6.92 Å². The molecule has 0 fully saturated rings. The lowest BCUT2D eigenvalue weighted by molar-refractivity contribution is -0.0454. The van der Waals surface area contributed by atoms with Crippen molar-refractivity contribution in [1.82, 2.24) is 14.9 Å². The van der Waals surface area contributed by atoms with E-state index in [-0.39, 0.29) is 17.3 Å². The first-order valence-electron chi connectivity index (χ1n) is 12.2. The van der Waals surface area contributed by atoms with Crippen molar-refractivity contribution in [2.75, 3.05) is 27.9 Å². The summed E-state index contributed by atoms with van der Waals surface area (Å²) in [7, 11) is 2.16. The van der Waals surface area contributed by atoms with Crippen molar-refractivity contribution in [1.29, 1.82) is 0 Å². The van der Waals surface area contributed by atoms with Crippen molar-refractivity contribution in [3.05, 3.63) is 21.9 Å². The minimum atomic E-state index is -2.06. The molecule has 0 saturated carbocycles. The minimum Gasteiger partial charge on any atom is -0.501 e. The third-order valence-electron chi connectivity index (χ3n) is 6.74. The zero-order valence-corrected chi connectivity index (χ0v) is 25.4. The van der Waals surface area contributed by atoms with Gasteiger partial charge < -0.3 is 33.6 Å². The number of hydrogen-bond acceptors (Lipinski definition) is 9. The van der Waals surface area contributed by atoms with Crippen LogP contribution < -0.4 is 5.56 Å². The fourth-order valence-electron chi connectivity index (χ4n) is 3.08. The van der Waals surface area contributed by atoms with E-state index >= 15 is 0 Å². The van der Waals surface area contributed by atoms with Gasteiger partial charge in [0.1, 0.15) is 11.4 Å². The summed E-state index contributed by atoms with van der Waals surface area (Å²) in [4.78, 5) is 45.5. The Morgan fingerprint density at radius 2 is 1.68 bits per heavy atom. The lowest BCUT2D eigenvalue weighted by Crippen LogP contribution is -2.46. The Bertz CT molecular complexity index is 1010. The smallest absolute Gasteiger partial charge is 0.410 e. The maximum atomic E-state index is 13.0. The quantitative estimate of drug-likeness (QED) is 0.325. The minimum absolute atomic E-state index is 0.000303. The zero-order valence-electron chi connectivity index (χ0n) is 24.4. The molecule has 1 aromatic heterocycles. The Hall–Kier alpha value is -2.44. The first-order chi connectivity index (χ1) is 16.7. The van der Waals surface area contributed by atoms with Gasteiger partial charge in [0.25, 0.3) is 5.56 Å². The summed E-state index contributed by atoms with van der Waals surface area (Å²) in [5.41, 5.74) is -2.95. The molecule has 0 aliphatic rings. The molecule has 0 aliphatic heterocycles. The van der Waals surface area contributed by atoms with Gasteiger partial charge >= 0.3 is 12.1 Å². The number of esters is 1. The number of amides is 1. The van der Waals surface area contributed by atoms with Gasteiger partial charge in [-0.3, -0.25) is 4.79 Å². The molecular weight excluding hydrogens is 498 g/mol. The van der Waals surface area contributed by atoms with Crippen molar-refractivity contribution in [2.24, 2.45) is 0 Å². The van der Waals surface area contributed by atoms with Crippen molar-refractivity contribution in [3.63, 3.8) is 0 Å². The highest BCUT2D eigenvalue weighted by molar-refractivity contribution is 6.74. The third-order valence-corrected chi connectivity index (χ3v) is 11.2. The molecule has 1 amide bonds. The molecule has 1 heterocycles. The van der Waals surface area contributed by atoms with Gasteiger partial charge in [0.05, 0.1) is 25.4 Å². The summed E-state index contributed by atoms with van der Waals surface area (Å²) in [6.45, 7) is 18.2. The van der Waals surface area contributed by atoms with Crippen LogP contribution in [0, 0.1) is 0 Å². The molecular formula is C25H45N3O8Si. The molecule has 0 spiro atoms. The van der Waals surface area contributed by atoms with Crippen LogP contribution in [0.5, 0.6) is 5.75 Å². The molecule has 1 aromatic rings.